The highest BCUT2D eigenvalue weighted by atomic mass is 16.7. The fraction of sp³-hybridized carbons (Fsp3) is 0.407. The predicted molar refractivity (Wildman–Crippen MR) is 119 cm³/mol. The molecule has 0 amide bonds. The molecule has 2 spiro atoms. The van der Waals surface area contributed by atoms with Gasteiger partial charge in [-0.1, -0.05) is 72.8 Å². The first-order valence-electron chi connectivity index (χ1n) is 11.4. The van der Waals surface area contributed by atoms with Crippen LogP contribution in [0.5, 0.6) is 0 Å². The van der Waals surface area contributed by atoms with Crippen molar-refractivity contribution >= 4 is 12.2 Å². The van der Waals surface area contributed by atoms with E-state index in [0.717, 1.165) is 19.3 Å². The van der Waals surface area contributed by atoms with Gasteiger partial charge in [0.1, 0.15) is 0 Å². The fourth-order valence-corrected chi connectivity index (χ4v) is 5.95. The summed E-state index contributed by atoms with van der Waals surface area (Å²) in [6, 6.07) is 20.9. The van der Waals surface area contributed by atoms with Crippen LogP contribution in [0.1, 0.15) is 30.4 Å². The minimum atomic E-state index is -0.637. The van der Waals surface area contributed by atoms with Gasteiger partial charge >= 0.3 is 0 Å². The van der Waals surface area contributed by atoms with Crippen LogP contribution in [0.25, 0.3) is 12.2 Å². The smallest absolute Gasteiger partial charge is 0.194 e. The van der Waals surface area contributed by atoms with Gasteiger partial charge in [0.25, 0.3) is 0 Å². The molecule has 0 unspecified atom stereocenters. The van der Waals surface area contributed by atoms with Crippen LogP contribution < -0.4 is 0 Å². The van der Waals surface area contributed by atoms with E-state index in [9.17, 15) is 0 Å². The number of ether oxygens (including phenoxy) is 4. The summed E-state index contributed by atoms with van der Waals surface area (Å²) in [7, 11) is 0. The maximum Gasteiger partial charge on any atom is 0.194 e. The molecular weight excluding hydrogens is 388 g/mol. The molecule has 4 aliphatic rings. The normalized spacial score (nSPS) is 31.1. The summed E-state index contributed by atoms with van der Waals surface area (Å²) < 4.78 is 25.6. The van der Waals surface area contributed by atoms with E-state index in [4.69, 9.17) is 18.9 Å². The lowest BCUT2D eigenvalue weighted by atomic mass is 9.62. The Hall–Kier alpha value is -2.24. The van der Waals surface area contributed by atoms with Gasteiger partial charge in [0.05, 0.1) is 26.4 Å². The molecule has 4 nitrogen and oxygen atoms in total. The Morgan fingerprint density at radius 3 is 1.35 bits per heavy atom. The third kappa shape index (κ3) is 3.21. The minimum Gasteiger partial charge on any atom is -0.343 e. The quantitative estimate of drug-likeness (QED) is 0.685. The largest absolute Gasteiger partial charge is 0.343 e. The van der Waals surface area contributed by atoms with E-state index in [1.165, 1.54) is 22.3 Å². The summed E-state index contributed by atoms with van der Waals surface area (Å²) in [4.78, 5) is 0. The van der Waals surface area contributed by atoms with Crippen molar-refractivity contribution in [2.24, 2.45) is 11.8 Å². The van der Waals surface area contributed by atoms with Crippen molar-refractivity contribution in [3.05, 3.63) is 82.9 Å². The van der Waals surface area contributed by atoms with E-state index >= 15 is 0 Å². The lowest BCUT2D eigenvalue weighted by Gasteiger charge is -2.53. The van der Waals surface area contributed by atoms with Gasteiger partial charge in [-0.2, -0.15) is 0 Å². The van der Waals surface area contributed by atoms with Crippen molar-refractivity contribution in [3.8, 4) is 0 Å². The molecule has 4 fully saturated rings. The third-order valence-corrected chi connectivity index (χ3v) is 7.19. The average Bonchev–Trinajstić information content (AvgIpc) is 3.49. The summed E-state index contributed by atoms with van der Waals surface area (Å²) in [5, 5.41) is 0. The van der Waals surface area contributed by atoms with Crippen LogP contribution in [0.15, 0.2) is 71.8 Å². The second kappa shape index (κ2) is 7.72. The number of hydrogen-bond acceptors (Lipinski definition) is 4. The predicted octanol–water partition coefficient (Wildman–Crippen LogP) is 5.07. The third-order valence-electron chi connectivity index (χ3n) is 7.19. The van der Waals surface area contributed by atoms with Crippen LogP contribution in [-0.4, -0.2) is 38.0 Å². The van der Waals surface area contributed by atoms with E-state index in [1.54, 1.807) is 0 Å². The maximum absolute atomic E-state index is 6.40. The highest BCUT2D eigenvalue weighted by molar-refractivity contribution is 5.59. The fourth-order valence-electron chi connectivity index (χ4n) is 5.95. The summed E-state index contributed by atoms with van der Waals surface area (Å²) >= 11 is 0. The van der Waals surface area contributed by atoms with E-state index in [1.807, 2.05) is 12.1 Å². The Labute approximate surface area is 183 Å². The average molecular weight is 417 g/mol. The van der Waals surface area contributed by atoms with Crippen molar-refractivity contribution in [1.29, 1.82) is 0 Å². The zero-order chi connectivity index (χ0) is 20.7. The molecule has 4 heteroatoms. The molecule has 2 aromatic carbocycles. The first-order chi connectivity index (χ1) is 15.3. The van der Waals surface area contributed by atoms with E-state index in [-0.39, 0.29) is 11.8 Å². The van der Waals surface area contributed by atoms with Crippen molar-refractivity contribution in [1.82, 2.24) is 0 Å². The topological polar surface area (TPSA) is 36.9 Å². The van der Waals surface area contributed by atoms with Gasteiger partial charge in [-0.3, -0.25) is 0 Å². The van der Waals surface area contributed by atoms with Crippen molar-refractivity contribution in [2.45, 2.75) is 30.8 Å². The number of benzene rings is 2. The summed E-state index contributed by atoms with van der Waals surface area (Å²) in [5.41, 5.74) is 4.79. The van der Waals surface area contributed by atoms with Gasteiger partial charge in [0.15, 0.2) is 11.6 Å². The van der Waals surface area contributed by atoms with Crippen molar-refractivity contribution in [2.75, 3.05) is 26.4 Å². The molecule has 0 radical (unpaired) electrons. The Morgan fingerprint density at radius 2 is 0.968 bits per heavy atom. The molecule has 2 aliphatic carbocycles. The SMILES string of the molecule is C(=C1/C[C@H]2C[C@H](C/C(=C\c3ccccc3)C23OCCO3)C12OCCO2)/c1ccccc1. The van der Waals surface area contributed by atoms with Gasteiger partial charge in [-0.05, 0) is 41.5 Å². The summed E-state index contributed by atoms with van der Waals surface area (Å²) in [5.74, 6) is -0.779. The molecule has 0 aromatic heterocycles. The molecule has 0 N–H and O–H groups in total. The standard InChI is InChI=1S/C27H28O4/c1-3-7-20(8-4-1)15-22-17-24-19-25(26(22)28-11-12-29-26)18-23(27(24)30-13-14-31-27)16-21-9-5-2-6-10-21/h1-10,15-16,24-25H,11-14,17-19H2/b22-15+,23-16+/t24-,25-/m0/s1. The van der Waals surface area contributed by atoms with Crippen LogP contribution in [0.3, 0.4) is 0 Å². The molecule has 2 saturated carbocycles. The molecular formula is C27H28O4. The van der Waals surface area contributed by atoms with E-state index < -0.39 is 11.6 Å². The first-order valence-corrected chi connectivity index (χ1v) is 11.4. The first kappa shape index (κ1) is 19.4. The van der Waals surface area contributed by atoms with Gasteiger partial charge in [-0.15, -0.1) is 0 Å². The number of fused-ring (bicyclic) bond motifs is 4. The molecule has 6 rings (SSSR count). The highest BCUT2D eigenvalue weighted by Gasteiger charge is 2.62. The van der Waals surface area contributed by atoms with Gasteiger partial charge in [0, 0.05) is 11.8 Å². The van der Waals surface area contributed by atoms with Crippen molar-refractivity contribution < 1.29 is 18.9 Å². The Bertz CT molecular complexity index is 901. The number of rotatable bonds is 2. The van der Waals surface area contributed by atoms with E-state index in [2.05, 4.69) is 60.7 Å². The van der Waals surface area contributed by atoms with Gasteiger partial charge < -0.3 is 18.9 Å². The maximum atomic E-state index is 6.40. The molecule has 31 heavy (non-hydrogen) atoms. The Kier molecular flexibility index (Phi) is 4.84. The minimum absolute atomic E-state index is 0.247. The Morgan fingerprint density at radius 1 is 0.581 bits per heavy atom. The van der Waals surface area contributed by atoms with Crippen LogP contribution >= 0.6 is 0 Å². The molecule has 160 valence electrons. The summed E-state index contributed by atoms with van der Waals surface area (Å²) in [6.45, 7) is 2.57. The molecule has 2 aromatic rings. The monoisotopic (exact) mass is 416 g/mol. The van der Waals surface area contributed by atoms with Gasteiger partial charge in [-0.25, -0.2) is 0 Å². The lowest BCUT2D eigenvalue weighted by molar-refractivity contribution is -0.238. The summed E-state index contributed by atoms with van der Waals surface area (Å²) in [6.07, 6.45) is 7.20. The molecule has 2 saturated heterocycles. The zero-order valence-corrected chi connectivity index (χ0v) is 17.7. The van der Waals surface area contributed by atoms with Crippen molar-refractivity contribution in [3.63, 3.8) is 0 Å². The molecule has 2 atom stereocenters. The van der Waals surface area contributed by atoms with Crippen LogP contribution in [0.4, 0.5) is 0 Å². The highest BCUT2D eigenvalue weighted by Crippen LogP contribution is 2.59. The van der Waals surface area contributed by atoms with Gasteiger partial charge in [0.2, 0.25) is 0 Å². The second-order valence-electron chi connectivity index (χ2n) is 8.93. The Balaban J connectivity index is 1.44. The molecule has 2 aliphatic heterocycles. The van der Waals surface area contributed by atoms with Crippen LogP contribution in [0.2, 0.25) is 0 Å². The van der Waals surface area contributed by atoms with Crippen LogP contribution in [0, 0.1) is 11.8 Å². The molecule has 2 heterocycles. The van der Waals surface area contributed by atoms with Crippen LogP contribution in [-0.2, 0) is 18.9 Å². The lowest BCUT2D eigenvalue weighted by Crippen LogP contribution is -2.56. The zero-order valence-electron chi connectivity index (χ0n) is 17.7. The molecule has 2 bridgehead atoms. The second-order valence-corrected chi connectivity index (χ2v) is 8.93. The number of hydrogen-bond donors (Lipinski definition) is 0. The van der Waals surface area contributed by atoms with E-state index in [0.29, 0.717) is 26.4 Å².